The van der Waals surface area contributed by atoms with Gasteiger partial charge < -0.3 is 14.2 Å². The minimum atomic E-state index is -0.375. The monoisotopic (exact) mass is 366 g/mol. The maximum absolute atomic E-state index is 12.3. The van der Waals surface area contributed by atoms with Gasteiger partial charge in [-0.15, -0.1) is 0 Å². The van der Waals surface area contributed by atoms with E-state index in [9.17, 15) is 9.59 Å². The summed E-state index contributed by atoms with van der Waals surface area (Å²) in [6, 6.07) is 10.4. The number of amides is 2. The number of fused-ring (bicyclic) bond motifs is 1. The number of imide groups is 1. The summed E-state index contributed by atoms with van der Waals surface area (Å²) in [4.78, 5) is 29.9. The minimum absolute atomic E-state index is 0.201. The zero-order valence-electron chi connectivity index (χ0n) is 14.5. The van der Waals surface area contributed by atoms with Gasteiger partial charge in [-0.1, -0.05) is 18.2 Å². The van der Waals surface area contributed by atoms with Crippen LogP contribution < -0.4 is 4.74 Å². The lowest BCUT2D eigenvalue weighted by Gasteiger charge is -2.11. The summed E-state index contributed by atoms with van der Waals surface area (Å²) in [5, 5.41) is 0. The number of carbonyl (C=O) groups excluding carboxylic acids is 2. The zero-order chi connectivity index (χ0) is 18.6. The van der Waals surface area contributed by atoms with E-state index in [2.05, 4.69) is 4.98 Å². The molecule has 2 aliphatic heterocycles. The number of carbonyl (C=O) groups is 2. The third-order valence-corrected chi connectivity index (χ3v) is 4.31. The number of benzene rings is 1. The van der Waals surface area contributed by atoms with Gasteiger partial charge in [-0.25, -0.2) is 4.98 Å². The van der Waals surface area contributed by atoms with E-state index in [0.717, 1.165) is 5.56 Å². The van der Waals surface area contributed by atoms with Gasteiger partial charge in [0.1, 0.15) is 6.61 Å². The Morgan fingerprint density at radius 1 is 1.07 bits per heavy atom. The first kappa shape index (κ1) is 17.4. The van der Waals surface area contributed by atoms with E-state index in [4.69, 9.17) is 14.2 Å². The molecule has 2 aromatic rings. The van der Waals surface area contributed by atoms with Gasteiger partial charge in [0.2, 0.25) is 5.88 Å². The molecule has 7 heteroatoms. The Kier molecular flexibility index (Phi) is 4.95. The second-order valence-corrected chi connectivity index (χ2v) is 6.05. The number of rotatable bonds is 6. The summed E-state index contributed by atoms with van der Waals surface area (Å²) < 4.78 is 16.5. The maximum Gasteiger partial charge on any atom is 0.261 e. The Morgan fingerprint density at radius 3 is 2.48 bits per heavy atom. The molecule has 1 saturated heterocycles. The van der Waals surface area contributed by atoms with Crippen LogP contribution in [0.25, 0.3) is 0 Å². The molecule has 0 N–H and O–H groups in total. The summed E-state index contributed by atoms with van der Waals surface area (Å²) in [6.45, 7) is 1.62. The van der Waals surface area contributed by atoms with Crippen LogP contribution in [0.2, 0.25) is 0 Å². The Balaban J connectivity index is 1.30. The zero-order valence-corrected chi connectivity index (χ0v) is 14.5. The first-order chi connectivity index (χ1) is 13.2. The van der Waals surface area contributed by atoms with Crippen LogP contribution in [0.5, 0.6) is 5.88 Å². The summed E-state index contributed by atoms with van der Waals surface area (Å²) in [7, 11) is 0. The molecule has 27 heavy (non-hydrogen) atoms. The van der Waals surface area contributed by atoms with E-state index in [0.29, 0.717) is 30.2 Å². The molecule has 3 heterocycles. The molecule has 0 atom stereocenters. The van der Waals surface area contributed by atoms with Crippen molar-refractivity contribution >= 4 is 11.8 Å². The Labute approximate surface area is 156 Å². The van der Waals surface area contributed by atoms with E-state index in [-0.39, 0.29) is 31.3 Å². The van der Waals surface area contributed by atoms with Crippen molar-refractivity contribution in [2.75, 3.05) is 26.4 Å². The van der Waals surface area contributed by atoms with Gasteiger partial charge in [0.15, 0.2) is 6.29 Å². The van der Waals surface area contributed by atoms with Gasteiger partial charge in [0.25, 0.3) is 11.8 Å². The fourth-order valence-corrected chi connectivity index (χ4v) is 2.99. The van der Waals surface area contributed by atoms with Gasteiger partial charge in [-0.05, 0) is 24.3 Å². The number of nitrogens with zero attached hydrogens (tertiary/aromatic N) is 2. The Bertz CT molecular complexity index is 854. The number of hydrogen-bond donors (Lipinski definition) is 0. The molecular formula is C20H18N2O5. The SMILES string of the molecule is O=C1c2ccccc2C(=O)N1C/C=C/COc1cc(C2OCCO2)ccn1. The molecule has 1 aromatic heterocycles. The first-order valence-electron chi connectivity index (χ1n) is 8.66. The normalized spacial score (nSPS) is 17.1. The molecule has 2 aliphatic rings. The van der Waals surface area contributed by atoms with Crippen LogP contribution in [0.3, 0.4) is 0 Å². The Morgan fingerprint density at radius 2 is 1.78 bits per heavy atom. The van der Waals surface area contributed by atoms with E-state index < -0.39 is 0 Å². The molecule has 0 saturated carbocycles. The fourth-order valence-electron chi connectivity index (χ4n) is 2.99. The highest BCUT2D eigenvalue weighted by Gasteiger charge is 2.34. The molecule has 2 amide bonds. The number of aromatic nitrogens is 1. The van der Waals surface area contributed by atoms with Crippen molar-refractivity contribution in [3.63, 3.8) is 0 Å². The highest BCUT2D eigenvalue weighted by Crippen LogP contribution is 2.25. The van der Waals surface area contributed by atoms with Crippen molar-refractivity contribution in [1.29, 1.82) is 0 Å². The summed E-state index contributed by atoms with van der Waals surface area (Å²) >= 11 is 0. The van der Waals surface area contributed by atoms with Crippen molar-refractivity contribution in [3.8, 4) is 5.88 Å². The van der Waals surface area contributed by atoms with E-state index in [1.165, 1.54) is 4.90 Å². The van der Waals surface area contributed by atoms with Crippen LogP contribution in [-0.4, -0.2) is 48.1 Å². The molecular weight excluding hydrogens is 348 g/mol. The molecule has 0 unspecified atom stereocenters. The highest BCUT2D eigenvalue weighted by molar-refractivity contribution is 6.21. The van der Waals surface area contributed by atoms with Gasteiger partial charge in [-0.3, -0.25) is 14.5 Å². The molecule has 1 fully saturated rings. The lowest BCUT2D eigenvalue weighted by molar-refractivity contribution is -0.0443. The lowest BCUT2D eigenvalue weighted by atomic mass is 10.1. The number of ether oxygens (including phenoxy) is 3. The van der Waals surface area contributed by atoms with Crippen LogP contribution in [0.15, 0.2) is 54.7 Å². The third kappa shape index (κ3) is 3.60. The van der Waals surface area contributed by atoms with Crippen molar-refractivity contribution in [1.82, 2.24) is 9.88 Å². The Hall–Kier alpha value is -3.03. The number of hydrogen-bond acceptors (Lipinski definition) is 6. The van der Waals surface area contributed by atoms with Gasteiger partial charge in [0, 0.05) is 24.4 Å². The van der Waals surface area contributed by atoms with Crippen molar-refractivity contribution in [2.45, 2.75) is 6.29 Å². The average molecular weight is 366 g/mol. The minimum Gasteiger partial charge on any atom is -0.473 e. The van der Waals surface area contributed by atoms with Crippen molar-refractivity contribution < 1.29 is 23.8 Å². The fraction of sp³-hybridized carbons (Fsp3) is 0.250. The summed E-state index contributed by atoms with van der Waals surface area (Å²) in [5.74, 6) is -0.0869. The number of pyridine rings is 1. The quantitative estimate of drug-likeness (QED) is 0.577. The van der Waals surface area contributed by atoms with Crippen molar-refractivity contribution in [2.24, 2.45) is 0 Å². The first-order valence-corrected chi connectivity index (χ1v) is 8.66. The predicted molar refractivity (Wildman–Crippen MR) is 95.3 cm³/mol. The van der Waals surface area contributed by atoms with E-state index >= 15 is 0 Å². The van der Waals surface area contributed by atoms with Crippen LogP contribution in [0, 0.1) is 0 Å². The topological polar surface area (TPSA) is 78.0 Å². The molecule has 0 radical (unpaired) electrons. The largest absolute Gasteiger partial charge is 0.473 e. The predicted octanol–water partition coefficient (Wildman–Crippen LogP) is 2.36. The lowest BCUT2D eigenvalue weighted by Crippen LogP contribution is -2.29. The van der Waals surface area contributed by atoms with E-state index in [1.54, 1.807) is 48.7 Å². The summed E-state index contributed by atoms with van der Waals surface area (Å²) in [6.07, 6.45) is 4.74. The highest BCUT2D eigenvalue weighted by atomic mass is 16.7. The van der Waals surface area contributed by atoms with Crippen LogP contribution in [0.4, 0.5) is 0 Å². The second-order valence-electron chi connectivity index (χ2n) is 6.05. The molecule has 0 bridgehead atoms. The van der Waals surface area contributed by atoms with Crippen LogP contribution in [-0.2, 0) is 9.47 Å². The molecule has 138 valence electrons. The van der Waals surface area contributed by atoms with E-state index in [1.807, 2.05) is 6.07 Å². The maximum atomic E-state index is 12.3. The molecule has 1 aromatic carbocycles. The standard InChI is InChI=1S/C20H18N2O5/c23-18-15-5-1-2-6-16(15)19(24)22(18)9-3-4-10-25-17-13-14(7-8-21-17)20-26-11-12-27-20/h1-8,13,20H,9-12H2/b4-3+. The molecule has 4 rings (SSSR count). The van der Waals surface area contributed by atoms with Gasteiger partial charge in [0.05, 0.1) is 24.3 Å². The average Bonchev–Trinajstić information content (AvgIpc) is 3.32. The third-order valence-electron chi connectivity index (χ3n) is 4.31. The van der Waals surface area contributed by atoms with Crippen LogP contribution >= 0.6 is 0 Å². The second kappa shape index (κ2) is 7.69. The summed E-state index contributed by atoms with van der Waals surface area (Å²) in [5.41, 5.74) is 1.75. The van der Waals surface area contributed by atoms with Gasteiger partial charge >= 0.3 is 0 Å². The molecule has 0 spiro atoms. The molecule has 7 nitrogen and oxygen atoms in total. The van der Waals surface area contributed by atoms with Crippen LogP contribution in [0.1, 0.15) is 32.6 Å². The molecule has 0 aliphatic carbocycles. The van der Waals surface area contributed by atoms with Crippen molar-refractivity contribution in [3.05, 3.63) is 71.4 Å². The smallest absolute Gasteiger partial charge is 0.261 e. The van der Waals surface area contributed by atoms with Gasteiger partial charge in [-0.2, -0.15) is 0 Å².